The Kier molecular flexibility index (Phi) is 4.99. The number of alkyl halides is 2. The molecule has 0 spiro atoms. The number of pyridine rings is 1. The Morgan fingerprint density at radius 1 is 1.30 bits per heavy atom. The predicted octanol–water partition coefficient (Wildman–Crippen LogP) is 3.82. The van der Waals surface area contributed by atoms with E-state index in [-0.39, 0.29) is 48.9 Å². The third-order valence-electron chi connectivity index (χ3n) is 4.72. The van der Waals surface area contributed by atoms with Crippen molar-refractivity contribution in [3.05, 3.63) is 33.6 Å². The Morgan fingerprint density at radius 3 is 2.48 bits per heavy atom. The minimum absolute atomic E-state index is 0.0598. The van der Waals surface area contributed by atoms with E-state index >= 15 is 0 Å². The van der Waals surface area contributed by atoms with E-state index in [0.717, 1.165) is 11.4 Å². The molecule has 2 aromatic rings. The first-order chi connectivity index (χ1) is 12.7. The normalized spacial score (nSPS) is 16.9. The van der Waals surface area contributed by atoms with Crippen LogP contribution in [0, 0.1) is 24.0 Å². The average molecular weight is 380 g/mol. The van der Waals surface area contributed by atoms with Crippen LogP contribution in [0.1, 0.15) is 37.1 Å². The first-order valence-corrected chi connectivity index (χ1v) is 8.75. The van der Waals surface area contributed by atoms with Crippen molar-refractivity contribution in [3.63, 3.8) is 0 Å². The summed E-state index contributed by atoms with van der Waals surface area (Å²) in [5, 5.41) is 21.8. The van der Waals surface area contributed by atoms with Gasteiger partial charge in [-0.3, -0.25) is 10.1 Å². The fourth-order valence-corrected chi connectivity index (χ4v) is 3.35. The van der Waals surface area contributed by atoms with Crippen LogP contribution in [0.25, 0.3) is 5.82 Å². The van der Waals surface area contributed by atoms with Gasteiger partial charge in [0.05, 0.1) is 10.6 Å². The Bertz CT molecular complexity index is 857. The summed E-state index contributed by atoms with van der Waals surface area (Å²) in [6, 6.07) is 3.13. The second-order valence-electron chi connectivity index (χ2n) is 6.85. The van der Waals surface area contributed by atoms with E-state index in [1.54, 1.807) is 17.8 Å². The van der Waals surface area contributed by atoms with Crippen LogP contribution in [0.4, 0.5) is 26.0 Å². The molecule has 1 aliphatic carbocycles. The van der Waals surface area contributed by atoms with Crippen molar-refractivity contribution in [1.29, 1.82) is 0 Å². The molecule has 10 heteroatoms. The van der Waals surface area contributed by atoms with Crippen LogP contribution in [0.3, 0.4) is 0 Å². The molecule has 8 nitrogen and oxygen atoms in total. The van der Waals surface area contributed by atoms with E-state index < -0.39 is 10.8 Å². The third kappa shape index (κ3) is 3.99. The number of hydrogen-bond acceptors (Lipinski definition) is 6. The summed E-state index contributed by atoms with van der Waals surface area (Å²) in [5.74, 6) is -2.19. The van der Waals surface area contributed by atoms with Crippen molar-refractivity contribution >= 4 is 17.2 Å². The lowest BCUT2D eigenvalue weighted by atomic mass is 9.92. The van der Waals surface area contributed by atoms with Gasteiger partial charge in [-0.2, -0.15) is 5.10 Å². The van der Waals surface area contributed by atoms with E-state index in [1.165, 1.54) is 0 Å². The molecule has 1 aliphatic rings. The Labute approximate surface area is 155 Å². The highest BCUT2D eigenvalue weighted by molar-refractivity contribution is 5.75. The molecule has 1 fully saturated rings. The van der Waals surface area contributed by atoms with Crippen molar-refractivity contribution in [2.24, 2.45) is 0 Å². The van der Waals surface area contributed by atoms with Gasteiger partial charge in [-0.05, 0) is 32.8 Å². The van der Waals surface area contributed by atoms with Gasteiger partial charge in [0.15, 0.2) is 5.82 Å². The molecule has 0 bridgehead atoms. The monoisotopic (exact) mass is 380 g/mol. The second kappa shape index (κ2) is 7.09. The van der Waals surface area contributed by atoms with Gasteiger partial charge in [0.1, 0.15) is 5.69 Å². The van der Waals surface area contributed by atoms with E-state index in [0.29, 0.717) is 5.82 Å². The van der Waals surface area contributed by atoms with Crippen LogP contribution < -0.4 is 10.6 Å². The minimum atomic E-state index is -2.67. The lowest BCUT2D eigenvalue weighted by Gasteiger charge is -2.29. The summed E-state index contributed by atoms with van der Waals surface area (Å²) in [4.78, 5) is 15.5. The molecule has 0 unspecified atom stereocenters. The maximum Gasteiger partial charge on any atom is 0.334 e. The number of nitro groups is 1. The van der Waals surface area contributed by atoms with Gasteiger partial charge in [-0.15, -0.1) is 0 Å². The van der Waals surface area contributed by atoms with Crippen LogP contribution in [0.15, 0.2) is 12.1 Å². The summed E-state index contributed by atoms with van der Waals surface area (Å²) in [7, 11) is 1.58. The van der Waals surface area contributed by atoms with Crippen LogP contribution in [-0.4, -0.2) is 38.7 Å². The van der Waals surface area contributed by atoms with Crippen LogP contribution in [0.5, 0.6) is 0 Å². The molecular weight excluding hydrogens is 358 g/mol. The summed E-state index contributed by atoms with van der Waals surface area (Å²) >= 11 is 0. The SMILES string of the molecule is CNc1cc(-n2nc(C)cc2C)nc(NC2CCC(F)(F)CC2)c1[N+](=O)[O-]. The van der Waals surface area contributed by atoms with Crippen LogP contribution in [0.2, 0.25) is 0 Å². The molecule has 0 aliphatic heterocycles. The van der Waals surface area contributed by atoms with E-state index in [2.05, 4.69) is 20.7 Å². The molecule has 1 saturated carbocycles. The highest BCUT2D eigenvalue weighted by Crippen LogP contribution is 2.37. The maximum absolute atomic E-state index is 13.4. The molecular formula is C17H22F2N6O2. The molecule has 0 atom stereocenters. The lowest BCUT2D eigenvalue weighted by Crippen LogP contribution is -2.32. The Morgan fingerprint density at radius 2 is 1.96 bits per heavy atom. The number of aryl methyl sites for hydroxylation is 2. The fourth-order valence-electron chi connectivity index (χ4n) is 3.35. The highest BCUT2D eigenvalue weighted by Gasteiger charge is 2.36. The van der Waals surface area contributed by atoms with E-state index in [4.69, 9.17) is 0 Å². The maximum atomic E-state index is 13.4. The third-order valence-corrected chi connectivity index (χ3v) is 4.72. The molecule has 0 radical (unpaired) electrons. The largest absolute Gasteiger partial charge is 0.382 e. The summed E-state index contributed by atoms with van der Waals surface area (Å²) in [6.45, 7) is 3.70. The molecule has 2 aromatic heterocycles. The van der Waals surface area contributed by atoms with Gasteiger partial charge in [-0.25, -0.2) is 18.4 Å². The molecule has 146 valence electrons. The van der Waals surface area contributed by atoms with Gasteiger partial charge in [0.25, 0.3) is 0 Å². The van der Waals surface area contributed by atoms with Crippen molar-refractivity contribution in [1.82, 2.24) is 14.8 Å². The van der Waals surface area contributed by atoms with Crippen molar-refractivity contribution in [3.8, 4) is 5.82 Å². The number of nitrogens with zero attached hydrogens (tertiary/aromatic N) is 4. The van der Waals surface area contributed by atoms with Gasteiger partial charge in [0, 0.05) is 37.7 Å². The minimum Gasteiger partial charge on any atom is -0.382 e. The van der Waals surface area contributed by atoms with E-state index in [9.17, 15) is 18.9 Å². The number of rotatable bonds is 5. The van der Waals surface area contributed by atoms with Gasteiger partial charge < -0.3 is 10.6 Å². The van der Waals surface area contributed by atoms with Gasteiger partial charge in [0.2, 0.25) is 11.7 Å². The molecule has 3 rings (SSSR count). The molecule has 2 N–H and O–H groups in total. The van der Waals surface area contributed by atoms with Crippen molar-refractivity contribution in [2.75, 3.05) is 17.7 Å². The molecule has 0 aromatic carbocycles. The average Bonchev–Trinajstić information content (AvgIpc) is 2.94. The smallest absolute Gasteiger partial charge is 0.334 e. The summed E-state index contributed by atoms with van der Waals surface area (Å²) < 4.78 is 28.4. The zero-order valence-electron chi connectivity index (χ0n) is 15.4. The number of hydrogen-bond donors (Lipinski definition) is 2. The zero-order chi connectivity index (χ0) is 19.8. The number of halogens is 2. The summed E-state index contributed by atoms with van der Waals surface area (Å²) in [5.41, 5.74) is 1.70. The molecule has 0 amide bonds. The number of aromatic nitrogens is 3. The summed E-state index contributed by atoms with van der Waals surface area (Å²) in [6.07, 6.45) is -0.0291. The Balaban J connectivity index is 2.01. The topological polar surface area (TPSA) is 97.9 Å². The first-order valence-electron chi connectivity index (χ1n) is 8.75. The molecule has 0 saturated heterocycles. The quantitative estimate of drug-likeness (QED) is 0.604. The van der Waals surface area contributed by atoms with Crippen molar-refractivity contribution < 1.29 is 13.7 Å². The molecule has 2 heterocycles. The Hall–Kier alpha value is -2.78. The first kappa shape index (κ1) is 19.0. The second-order valence-corrected chi connectivity index (χ2v) is 6.85. The molecule has 27 heavy (non-hydrogen) atoms. The standard InChI is InChI=1S/C17H22F2N6O2/c1-10-8-11(2)24(23-10)14-9-13(20-3)15(25(26)27)16(22-14)21-12-4-6-17(18,19)7-5-12/h8-9,12H,4-7H2,1-3H3,(H2,20,21,22). The lowest BCUT2D eigenvalue weighted by molar-refractivity contribution is -0.383. The van der Waals surface area contributed by atoms with Crippen molar-refractivity contribution in [2.45, 2.75) is 51.5 Å². The number of nitrogens with one attached hydrogen (secondary N) is 2. The number of anilines is 2. The van der Waals surface area contributed by atoms with Crippen LogP contribution >= 0.6 is 0 Å². The zero-order valence-corrected chi connectivity index (χ0v) is 15.4. The predicted molar refractivity (Wildman–Crippen MR) is 97.9 cm³/mol. The fraction of sp³-hybridized carbons (Fsp3) is 0.529. The highest BCUT2D eigenvalue weighted by atomic mass is 19.3. The van der Waals surface area contributed by atoms with E-state index in [1.807, 2.05) is 19.9 Å². The van der Waals surface area contributed by atoms with Crippen LogP contribution in [-0.2, 0) is 0 Å². The van der Waals surface area contributed by atoms with Gasteiger partial charge in [-0.1, -0.05) is 0 Å². The van der Waals surface area contributed by atoms with Gasteiger partial charge >= 0.3 is 5.69 Å².